The van der Waals surface area contributed by atoms with E-state index in [0.717, 1.165) is 0 Å². The second kappa shape index (κ2) is 7.04. The van der Waals surface area contributed by atoms with Gasteiger partial charge in [0, 0.05) is 0 Å². The lowest BCUT2D eigenvalue weighted by molar-refractivity contribution is -0.117. The Bertz CT molecular complexity index is 706. The fraction of sp³-hybridized carbons (Fsp3) is 0.125. The summed E-state index contributed by atoms with van der Waals surface area (Å²) in [5.41, 5.74) is 0.334. The number of nitrogens with one attached hydrogen (secondary N) is 2. The summed E-state index contributed by atoms with van der Waals surface area (Å²) >= 11 is 5.92. The predicted molar refractivity (Wildman–Crippen MR) is 83.4 cm³/mol. The molecule has 0 bridgehead atoms. The van der Waals surface area contributed by atoms with E-state index >= 15 is 0 Å². The lowest BCUT2D eigenvalue weighted by Crippen LogP contribution is -2.41. The number of hydrogen-bond acceptors (Lipinski definition) is 2. The van der Waals surface area contributed by atoms with Gasteiger partial charge in [-0.2, -0.15) is 0 Å². The molecule has 1 atom stereocenters. The summed E-state index contributed by atoms with van der Waals surface area (Å²) in [5.74, 6) is -1.53. The highest BCUT2D eigenvalue weighted by Crippen LogP contribution is 2.15. The minimum atomic E-state index is -0.844. The summed E-state index contributed by atoms with van der Waals surface area (Å²) in [6, 6.07) is 11.5. The first kappa shape index (κ1) is 16.0. The molecule has 2 rings (SSSR count). The Labute approximate surface area is 132 Å². The SMILES string of the molecule is C[C@@H](NC(=O)c1ccccc1Cl)C(=O)Nc1ccccc1F. The van der Waals surface area contributed by atoms with E-state index in [0.29, 0.717) is 5.02 Å². The number of carbonyl (C=O) groups excluding carboxylic acids is 2. The molecule has 0 heterocycles. The van der Waals surface area contributed by atoms with Crippen LogP contribution in [0.15, 0.2) is 48.5 Å². The first-order valence-electron chi connectivity index (χ1n) is 6.60. The summed E-state index contributed by atoms with van der Waals surface area (Å²) in [7, 11) is 0. The van der Waals surface area contributed by atoms with Crippen molar-refractivity contribution in [3.05, 3.63) is 64.9 Å². The first-order valence-corrected chi connectivity index (χ1v) is 6.97. The fourth-order valence-corrected chi connectivity index (χ4v) is 2.01. The minimum absolute atomic E-state index is 0.0614. The van der Waals surface area contributed by atoms with Crippen LogP contribution in [0.2, 0.25) is 5.02 Å². The van der Waals surface area contributed by atoms with Crippen LogP contribution in [0.4, 0.5) is 10.1 Å². The van der Waals surface area contributed by atoms with Gasteiger partial charge in [0.1, 0.15) is 11.9 Å². The molecular formula is C16H14ClFN2O2. The molecule has 0 spiro atoms. The Hall–Kier alpha value is -2.40. The largest absolute Gasteiger partial charge is 0.340 e. The van der Waals surface area contributed by atoms with Crippen LogP contribution >= 0.6 is 11.6 Å². The lowest BCUT2D eigenvalue weighted by atomic mass is 10.2. The van der Waals surface area contributed by atoms with Crippen LogP contribution in [0.1, 0.15) is 17.3 Å². The van der Waals surface area contributed by atoms with E-state index in [-0.39, 0.29) is 11.3 Å². The molecular weight excluding hydrogens is 307 g/mol. The Balaban J connectivity index is 2.01. The standard InChI is InChI=1S/C16H14ClFN2O2/c1-10(15(21)20-14-9-5-4-8-13(14)18)19-16(22)11-6-2-3-7-12(11)17/h2-10H,1H3,(H,19,22)(H,20,21)/t10-/m1/s1. The van der Waals surface area contributed by atoms with Crippen molar-refractivity contribution in [2.24, 2.45) is 0 Å². The molecule has 0 saturated carbocycles. The highest BCUT2D eigenvalue weighted by molar-refractivity contribution is 6.33. The van der Waals surface area contributed by atoms with E-state index in [1.807, 2.05) is 0 Å². The summed E-state index contributed by atoms with van der Waals surface area (Å²) < 4.78 is 13.5. The maximum Gasteiger partial charge on any atom is 0.253 e. The molecule has 114 valence electrons. The Morgan fingerprint density at radius 2 is 1.73 bits per heavy atom. The van der Waals surface area contributed by atoms with E-state index in [1.54, 1.807) is 30.3 Å². The van der Waals surface area contributed by atoms with Gasteiger partial charge in [-0.3, -0.25) is 9.59 Å². The van der Waals surface area contributed by atoms with Gasteiger partial charge in [-0.05, 0) is 31.2 Å². The van der Waals surface area contributed by atoms with Crippen molar-refractivity contribution in [3.8, 4) is 0 Å². The van der Waals surface area contributed by atoms with E-state index in [2.05, 4.69) is 10.6 Å². The Kier molecular flexibility index (Phi) is 5.12. The molecule has 0 fully saturated rings. The van der Waals surface area contributed by atoms with Crippen molar-refractivity contribution < 1.29 is 14.0 Å². The van der Waals surface area contributed by atoms with Crippen molar-refractivity contribution >= 4 is 29.1 Å². The van der Waals surface area contributed by atoms with Gasteiger partial charge >= 0.3 is 0 Å². The van der Waals surface area contributed by atoms with Crippen molar-refractivity contribution in [2.75, 3.05) is 5.32 Å². The second-order valence-corrected chi connectivity index (χ2v) is 5.05. The third-order valence-corrected chi connectivity index (χ3v) is 3.32. The second-order valence-electron chi connectivity index (χ2n) is 4.64. The molecule has 0 saturated heterocycles. The number of benzene rings is 2. The van der Waals surface area contributed by atoms with Crippen molar-refractivity contribution in [2.45, 2.75) is 13.0 Å². The first-order chi connectivity index (χ1) is 10.5. The molecule has 2 N–H and O–H groups in total. The van der Waals surface area contributed by atoms with Gasteiger partial charge in [0.2, 0.25) is 5.91 Å². The van der Waals surface area contributed by atoms with Crippen LogP contribution in [0.5, 0.6) is 0 Å². The molecule has 2 aromatic carbocycles. The van der Waals surface area contributed by atoms with Crippen LogP contribution in [-0.2, 0) is 4.79 Å². The third kappa shape index (κ3) is 3.83. The Morgan fingerprint density at radius 3 is 2.41 bits per heavy atom. The summed E-state index contributed by atoms with van der Waals surface area (Å²) in [6.07, 6.45) is 0. The van der Waals surface area contributed by atoms with Gasteiger partial charge < -0.3 is 10.6 Å². The van der Waals surface area contributed by atoms with Gasteiger partial charge in [-0.15, -0.1) is 0 Å². The van der Waals surface area contributed by atoms with E-state index in [4.69, 9.17) is 11.6 Å². The predicted octanol–water partition coefficient (Wildman–Crippen LogP) is 3.24. The molecule has 2 aromatic rings. The number of carbonyl (C=O) groups is 2. The van der Waals surface area contributed by atoms with E-state index in [1.165, 1.54) is 25.1 Å². The van der Waals surface area contributed by atoms with Crippen molar-refractivity contribution in [1.29, 1.82) is 0 Å². The summed E-state index contributed by atoms with van der Waals surface area (Å²) in [5, 5.41) is 5.23. The normalized spacial score (nSPS) is 11.6. The fourth-order valence-electron chi connectivity index (χ4n) is 1.79. The van der Waals surface area contributed by atoms with Crippen LogP contribution in [0.25, 0.3) is 0 Å². The number of para-hydroxylation sites is 1. The average molecular weight is 321 g/mol. The monoisotopic (exact) mass is 320 g/mol. The number of halogens is 2. The van der Waals surface area contributed by atoms with Crippen molar-refractivity contribution in [1.82, 2.24) is 5.32 Å². The maximum atomic E-state index is 13.5. The number of rotatable bonds is 4. The topological polar surface area (TPSA) is 58.2 Å². The van der Waals surface area contributed by atoms with E-state index < -0.39 is 23.7 Å². The van der Waals surface area contributed by atoms with Crippen molar-refractivity contribution in [3.63, 3.8) is 0 Å². The zero-order valence-electron chi connectivity index (χ0n) is 11.8. The summed E-state index contributed by atoms with van der Waals surface area (Å²) in [6.45, 7) is 1.50. The number of hydrogen-bond donors (Lipinski definition) is 2. The van der Waals surface area contributed by atoms with Gasteiger partial charge in [0.25, 0.3) is 5.91 Å². The zero-order valence-corrected chi connectivity index (χ0v) is 12.5. The average Bonchev–Trinajstić information content (AvgIpc) is 2.49. The highest BCUT2D eigenvalue weighted by atomic mass is 35.5. The third-order valence-electron chi connectivity index (χ3n) is 2.99. The van der Waals surface area contributed by atoms with E-state index in [9.17, 15) is 14.0 Å². The molecule has 6 heteroatoms. The van der Waals surface area contributed by atoms with Gasteiger partial charge in [-0.25, -0.2) is 4.39 Å². The van der Waals surface area contributed by atoms with Gasteiger partial charge in [0.05, 0.1) is 16.3 Å². The smallest absolute Gasteiger partial charge is 0.253 e. The van der Waals surface area contributed by atoms with Crippen LogP contribution in [-0.4, -0.2) is 17.9 Å². The molecule has 0 unspecified atom stereocenters. The van der Waals surface area contributed by atoms with Gasteiger partial charge in [0.15, 0.2) is 0 Å². The van der Waals surface area contributed by atoms with Crippen LogP contribution < -0.4 is 10.6 Å². The molecule has 2 amide bonds. The highest BCUT2D eigenvalue weighted by Gasteiger charge is 2.18. The maximum absolute atomic E-state index is 13.5. The molecule has 0 aliphatic carbocycles. The molecule has 0 radical (unpaired) electrons. The quantitative estimate of drug-likeness (QED) is 0.908. The number of anilines is 1. The molecule has 22 heavy (non-hydrogen) atoms. The number of amides is 2. The lowest BCUT2D eigenvalue weighted by Gasteiger charge is -2.15. The zero-order chi connectivity index (χ0) is 16.1. The molecule has 0 aliphatic heterocycles. The molecule has 0 aliphatic rings. The minimum Gasteiger partial charge on any atom is -0.340 e. The molecule has 0 aromatic heterocycles. The summed E-state index contributed by atoms with van der Waals surface area (Å²) in [4.78, 5) is 24.0. The van der Waals surface area contributed by atoms with Gasteiger partial charge in [-0.1, -0.05) is 35.9 Å². The van der Waals surface area contributed by atoms with Crippen LogP contribution in [0, 0.1) is 5.82 Å². The molecule has 4 nitrogen and oxygen atoms in total. The Morgan fingerprint density at radius 1 is 1.09 bits per heavy atom. The van der Waals surface area contributed by atoms with Crippen LogP contribution in [0.3, 0.4) is 0 Å².